The lowest BCUT2D eigenvalue weighted by Crippen LogP contribution is -2.04. The minimum atomic E-state index is -1.31. The zero-order valence-corrected chi connectivity index (χ0v) is 7.17. The zero-order chi connectivity index (χ0) is 10.0. The molecule has 0 saturated carbocycles. The van der Waals surface area contributed by atoms with Crippen molar-refractivity contribution in [3.63, 3.8) is 0 Å². The Morgan fingerprint density at radius 1 is 1.38 bits per heavy atom. The molecular weight excluding hydrogens is 196 g/mol. The van der Waals surface area contributed by atoms with Gasteiger partial charge in [0.2, 0.25) is 0 Å². The summed E-state index contributed by atoms with van der Waals surface area (Å²) in [6.45, 7) is 0. The Hall–Kier alpha value is -1.56. The highest BCUT2D eigenvalue weighted by molar-refractivity contribution is 7.10. The van der Waals surface area contributed by atoms with E-state index in [1.54, 1.807) is 0 Å². The molecule has 1 aromatic rings. The highest BCUT2D eigenvalue weighted by Gasteiger charge is 2.19. The van der Waals surface area contributed by atoms with E-state index in [9.17, 15) is 9.59 Å². The molecule has 1 heterocycles. The topological polar surface area (TPSA) is 94.8 Å². The van der Waals surface area contributed by atoms with E-state index in [4.69, 9.17) is 15.3 Å². The number of carbonyl (C=O) groups is 2. The van der Waals surface area contributed by atoms with E-state index >= 15 is 0 Å². The van der Waals surface area contributed by atoms with Gasteiger partial charge < -0.3 is 15.3 Å². The Balaban J connectivity index is 3.07. The molecule has 70 valence electrons. The summed E-state index contributed by atoms with van der Waals surface area (Å²) in [5.74, 6) is -2.81. The number of aromatic hydroxyl groups is 1. The van der Waals surface area contributed by atoms with Gasteiger partial charge in [-0.3, -0.25) is 4.79 Å². The van der Waals surface area contributed by atoms with E-state index in [0.29, 0.717) is 0 Å². The maximum Gasteiger partial charge on any atom is 0.340 e. The van der Waals surface area contributed by atoms with Gasteiger partial charge in [0.25, 0.3) is 0 Å². The zero-order valence-electron chi connectivity index (χ0n) is 6.35. The quantitative estimate of drug-likeness (QED) is 0.673. The predicted molar refractivity (Wildman–Crippen MR) is 44.3 cm³/mol. The summed E-state index contributed by atoms with van der Waals surface area (Å²) in [6.07, 6.45) is -0.382. The Morgan fingerprint density at radius 2 is 2.00 bits per heavy atom. The van der Waals surface area contributed by atoms with Gasteiger partial charge in [0.05, 0.1) is 6.42 Å². The molecule has 0 bridgehead atoms. The SMILES string of the molecule is O=C(O)Cc1scc(O)c1C(=O)O. The van der Waals surface area contributed by atoms with Crippen molar-refractivity contribution in [3.05, 3.63) is 15.8 Å². The molecule has 0 unspecified atom stereocenters. The number of thiophene rings is 1. The van der Waals surface area contributed by atoms with Crippen molar-refractivity contribution < 1.29 is 24.9 Å². The van der Waals surface area contributed by atoms with E-state index in [0.717, 1.165) is 11.3 Å². The first-order valence-electron chi connectivity index (χ1n) is 3.26. The summed E-state index contributed by atoms with van der Waals surface area (Å²) in [6, 6.07) is 0. The number of aliphatic carboxylic acids is 1. The van der Waals surface area contributed by atoms with Crippen LogP contribution in [0.15, 0.2) is 5.38 Å². The van der Waals surface area contributed by atoms with E-state index in [-0.39, 0.29) is 22.6 Å². The van der Waals surface area contributed by atoms with Crippen molar-refractivity contribution in [1.29, 1.82) is 0 Å². The maximum atomic E-state index is 10.5. The van der Waals surface area contributed by atoms with Crippen LogP contribution in [0.25, 0.3) is 0 Å². The second kappa shape index (κ2) is 3.44. The molecule has 1 rings (SSSR count). The van der Waals surface area contributed by atoms with Crippen LogP contribution in [0, 0.1) is 0 Å². The standard InChI is InChI=1S/C7H6O5S/c8-3-2-13-4(1-5(9)10)6(3)7(11)12/h2,8H,1H2,(H,9,10)(H,11,12). The first-order valence-corrected chi connectivity index (χ1v) is 4.14. The number of hydrogen-bond acceptors (Lipinski definition) is 4. The van der Waals surface area contributed by atoms with Gasteiger partial charge in [-0.15, -0.1) is 11.3 Å². The van der Waals surface area contributed by atoms with Crippen LogP contribution in [0.3, 0.4) is 0 Å². The molecule has 3 N–H and O–H groups in total. The van der Waals surface area contributed by atoms with Crippen molar-refractivity contribution in [2.24, 2.45) is 0 Å². The third kappa shape index (κ3) is 1.97. The highest BCUT2D eigenvalue weighted by Crippen LogP contribution is 2.28. The third-order valence-electron chi connectivity index (χ3n) is 1.37. The van der Waals surface area contributed by atoms with Gasteiger partial charge in [-0.2, -0.15) is 0 Å². The molecule has 0 amide bonds. The summed E-state index contributed by atoms with van der Waals surface area (Å²) < 4.78 is 0. The Morgan fingerprint density at radius 3 is 2.46 bits per heavy atom. The van der Waals surface area contributed by atoms with Crippen LogP contribution in [0.5, 0.6) is 5.75 Å². The minimum Gasteiger partial charge on any atom is -0.506 e. The van der Waals surface area contributed by atoms with Gasteiger partial charge >= 0.3 is 11.9 Å². The molecule has 0 aliphatic carbocycles. The van der Waals surface area contributed by atoms with Gasteiger partial charge in [-0.25, -0.2) is 4.79 Å². The van der Waals surface area contributed by atoms with Crippen LogP contribution >= 0.6 is 11.3 Å². The molecular formula is C7H6O5S. The lowest BCUT2D eigenvalue weighted by molar-refractivity contribution is -0.136. The Labute approximate surface area is 76.9 Å². The molecule has 0 aliphatic heterocycles. The van der Waals surface area contributed by atoms with Crippen molar-refractivity contribution in [3.8, 4) is 5.75 Å². The molecule has 0 aromatic carbocycles. The smallest absolute Gasteiger partial charge is 0.340 e. The molecule has 0 spiro atoms. The molecule has 0 radical (unpaired) electrons. The molecule has 0 saturated heterocycles. The lowest BCUT2D eigenvalue weighted by atomic mass is 10.2. The largest absolute Gasteiger partial charge is 0.506 e. The van der Waals surface area contributed by atoms with Crippen molar-refractivity contribution in [1.82, 2.24) is 0 Å². The third-order valence-corrected chi connectivity index (χ3v) is 2.35. The second-order valence-electron chi connectivity index (χ2n) is 2.29. The Bertz CT molecular complexity index is 354. The average molecular weight is 202 g/mol. The van der Waals surface area contributed by atoms with Crippen LogP contribution in [-0.4, -0.2) is 27.3 Å². The first-order chi connectivity index (χ1) is 6.02. The monoisotopic (exact) mass is 202 g/mol. The van der Waals surface area contributed by atoms with Crippen molar-refractivity contribution >= 4 is 23.3 Å². The van der Waals surface area contributed by atoms with Crippen molar-refractivity contribution in [2.75, 3.05) is 0 Å². The fourth-order valence-corrected chi connectivity index (χ4v) is 1.77. The van der Waals surface area contributed by atoms with Gasteiger partial charge in [-0.1, -0.05) is 0 Å². The number of carboxylic acid groups (broad SMARTS) is 2. The maximum absolute atomic E-state index is 10.5. The summed E-state index contributed by atoms with van der Waals surface area (Å²) >= 11 is 0.921. The summed E-state index contributed by atoms with van der Waals surface area (Å²) in [5, 5.41) is 27.3. The van der Waals surface area contributed by atoms with E-state index < -0.39 is 11.9 Å². The summed E-state index contributed by atoms with van der Waals surface area (Å²) in [7, 11) is 0. The molecule has 0 aliphatic rings. The molecule has 0 fully saturated rings. The fourth-order valence-electron chi connectivity index (χ4n) is 0.884. The minimum absolute atomic E-state index is 0.150. The van der Waals surface area contributed by atoms with Crippen LogP contribution in [0.4, 0.5) is 0 Å². The fraction of sp³-hybridized carbons (Fsp3) is 0.143. The average Bonchev–Trinajstić information content (AvgIpc) is 2.30. The van der Waals surface area contributed by atoms with Crippen molar-refractivity contribution in [2.45, 2.75) is 6.42 Å². The van der Waals surface area contributed by atoms with E-state index in [1.807, 2.05) is 0 Å². The lowest BCUT2D eigenvalue weighted by Gasteiger charge is -1.95. The number of rotatable bonds is 3. The van der Waals surface area contributed by atoms with Gasteiger partial charge in [0.1, 0.15) is 11.3 Å². The molecule has 0 atom stereocenters. The predicted octanol–water partition coefficient (Wildman–Crippen LogP) is 0.779. The van der Waals surface area contributed by atoms with Gasteiger partial charge in [0.15, 0.2) is 0 Å². The van der Waals surface area contributed by atoms with Crippen LogP contribution in [-0.2, 0) is 11.2 Å². The van der Waals surface area contributed by atoms with Gasteiger partial charge in [-0.05, 0) is 0 Å². The molecule has 5 nitrogen and oxygen atoms in total. The molecule has 6 heteroatoms. The number of carboxylic acids is 2. The second-order valence-corrected chi connectivity index (χ2v) is 3.26. The van der Waals surface area contributed by atoms with Crippen LogP contribution in [0.2, 0.25) is 0 Å². The molecule has 13 heavy (non-hydrogen) atoms. The first kappa shape index (κ1) is 9.53. The Kier molecular flexibility index (Phi) is 2.52. The van der Waals surface area contributed by atoms with Gasteiger partial charge in [0, 0.05) is 10.3 Å². The summed E-state index contributed by atoms with van der Waals surface area (Å²) in [5.41, 5.74) is -0.313. The molecule has 1 aromatic heterocycles. The van der Waals surface area contributed by atoms with E-state index in [2.05, 4.69) is 0 Å². The van der Waals surface area contributed by atoms with Crippen LogP contribution < -0.4 is 0 Å². The summed E-state index contributed by atoms with van der Waals surface area (Å²) in [4.78, 5) is 21.0. The normalized spacial score (nSPS) is 9.85. The number of hydrogen-bond donors (Lipinski definition) is 3. The number of aromatic carboxylic acids is 1. The van der Waals surface area contributed by atoms with E-state index in [1.165, 1.54) is 5.38 Å². The highest BCUT2D eigenvalue weighted by atomic mass is 32.1. The van der Waals surface area contributed by atoms with Crippen LogP contribution in [0.1, 0.15) is 15.2 Å².